The number of carboxylic acids is 1. The second-order valence-corrected chi connectivity index (χ2v) is 14.6. The number of methoxy groups -OCH3 is 1. The van der Waals surface area contributed by atoms with Crippen molar-refractivity contribution in [1.29, 1.82) is 0 Å². The average molecular weight is 756 g/mol. The molecule has 1 fully saturated rings. The Bertz CT molecular complexity index is 1960. The molecule has 51 heavy (non-hydrogen) atoms. The summed E-state index contributed by atoms with van der Waals surface area (Å²) in [5, 5.41) is 15.2. The van der Waals surface area contributed by atoms with E-state index in [-0.39, 0.29) is 58.8 Å². The number of rotatable bonds is 12. The Morgan fingerprint density at radius 2 is 1.88 bits per heavy atom. The monoisotopic (exact) mass is 754 g/mol. The Labute approximate surface area is 308 Å². The highest BCUT2D eigenvalue weighted by molar-refractivity contribution is 7.13. The minimum absolute atomic E-state index is 0.0559. The molecule has 4 aromatic rings. The molecular weight excluding hydrogens is 719 g/mol. The molecule has 0 radical (unpaired) electrons. The summed E-state index contributed by atoms with van der Waals surface area (Å²) in [6, 6.07) is 10.1. The minimum atomic E-state index is -0.934. The molecule has 1 atom stereocenters. The summed E-state index contributed by atoms with van der Waals surface area (Å²) in [6.07, 6.45) is 3.73. The lowest BCUT2D eigenvalue weighted by Gasteiger charge is -2.29. The van der Waals surface area contributed by atoms with Crippen LogP contribution in [0.25, 0.3) is 22.5 Å². The van der Waals surface area contributed by atoms with Crippen LogP contribution in [0.2, 0.25) is 10.0 Å². The van der Waals surface area contributed by atoms with Crippen LogP contribution in [0.4, 0.5) is 10.5 Å². The number of hydrogen-bond donors (Lipinski definition) is 3. The smallest absolute Gasteiger partial charge is 0.410 e. The molecule has 3 N–H and O–H groups in total. The van der Waals surface area contributed by atoms with Crippen molar-refractivity contribution >= 4 is 64.1 Å². The van der Waals surface area contributed by atoms with Crippen molar-refractivity contribution in [2.75, 3.05) is 19.0 Å². The van der Waals surface area contributed by atoms with Gasteiger partial charge in [0.05, 0.1) is 47.2 Å². The maximum Gasteiger partial charge on any atom is 0.410 e. The van der Waals surface area contributed by atoms with Gasteiger partial charge < -0.3 is 30.1 Å². The lowest BCUT2D eigenvalue weighted by molar-refractivity contribution is -0.137. The second kappa shape index (κ2) is 16.0. The van der Waals surface area contributed by atoms with Crippen molar-refractivity contribution < 1.29 is 33.8 Å². The third-order valence-corrected chi connectivity index (χ3v) is 9.52. The molecule has 5 rings (SSSR count). The van der Waals surface area contributed by atoms with Gasteiger partial charge in [-0.15, -0.1) is 11.3 Å². The fourth-order valence-corrected chi connectivity index (χ4v) is 6.69. The van der Waals surface area contributed by atoms with E-state index in [0.29, 0.717) is 51.5 Å². The van der Waals surface area contributed by atoms with Crippen LogP contribution in [0.15, 0.2) is 48.8 Å². The topological polar surface area (TPSA) is 173 Å². The minimum Gasteiger partial charge on any atom is -0.481 e. The summed E-state index contributed by atoms with van der Waals surface area (Å²) >= 11 is 14.8. The van der Waals surface area contributed by atoms with Crippen molar-refractivity contribution in [2.45, 2.75) is 64.6 Å². The lowest BCUT2D eigenvalue weighted by Crippen LogP contribution is -2.43. The second-order valence-electron chi connectivity index (χ2n) is 12.7. The zero-order valence-corrected chi connectivity index (χ0v) is 30.6. The maximum atomic E-state index is 13.2. The van der Waals surface area contributed by atoms with E-state index < -0.39 is 23.6 Å². The predicted molar refractivity (Wildman–Crippen MR) is 193 cm³/mol. The van der Waals surface area contributed by atoms with Crippen molar-refractivity contribution in [3.05, 3.63) is 74.3 Å². The van der Waals surface area contributed by atoms with Gasteiger partial charge in [0.2, 0.25) is 11.8 Å². The third kappa shape index (κ3) is 9.51. The summed E-state index contributed by atoms with van der Waals surface area (Å²) in [6.45, 7) is 5.73. The lowest BCUT2D eigenvalue weighted by atomic mass is 10.1. The number of benzene rings is 1. The van der Waals surface area contributed by atoms with E-state index in [0.717, 1.165) is 11.3 Å². The Kier molecular flexibility index (Phi) is 11.8. The van der Waals surface area contributed by atoms with Gasteiger partial charge in [0.1, 0.15) is 5.60 Å². The first-order chi connectivity index (χ1) is 24.2. The highest BCUT2D eigenvalue weighted by Crippen LogP contribution is 2.40. The number of halogens is 2. The molecule has 1 saturated heterocycles. The van der Waals surface area contributed by atoms with Crippen molar-refractivity contribution in [3.63, 3.8) is 0 Å². The van der Waals surface area contributed by atoms with Gasteiger partial charge in [-0.25, -0.2) is 14.8 Å². The number of carboxylic acid groups (broad SMARTS) is 1. The highest BCUT2D eigenvalue weighted by atomic mass is 35.5. The molecule has 0 bridgehead atoms. The van der Waals surface area contributed by atoms with Gasteiger partial charge in [-0.2, -0.15) is 0 Å². The van der Waals surface area contributed by atoms with Crippen molar-refractivity contribution in [1.82, 2.24) is 25.2 Å². The van der Waals surface area contributed by atoms with Gasteiger partial charge in [-0.05, 0) is 57.9 Å². The molecule has 1 aromatic carbocycles. The Morgan fingerprint density at radius 1 is 1.10 bits per heavy atom. The number of aromatic nitrogens is 3. The Morgan fingerprint density at radius 3 is 2.57 bits per heavy atom. The van der Waals surface area contributed by atoms with Crippen LogP contribution in [0.5, 0.6) is 5.88 Å². The van der Waals surface area contributed by atoms with Gasteiger partial charge in [-0.3, -0.25) is 19.4 Å². The number of anilines is 1. The van der Waals surface area contributed by atoms with E-state index in [1.165, 1.54) is 18.2 Å². The molecule has 1 aliphatic rings. The van der Waals surface area contributed by atoms with Crippen LogP contribution >= 0.6 is 34.5 Å². The molecule has 0 unspecified atom stereocenters. The Balaban J connectivity index is 1.38. The summed E-state index contributed by atoms with van der Waals surface area (Å²) in [5.74, 6) is -1.22. The summed E-state index contributed by atoms with van der Waals surface area (Å²) in [5.41, 5.74) is 2.01. The third-order valence-electron chi connectivity index (χ3n) is 7.67. The fourth-order valence-electron chi connectivity index (χ4n) is 5.31. The molecule has 0 spiro atoms. The number of aliphatic carboxylic acids is 1. The first kappa shape index (κ1) is 37.5. The molecule has 268 valence electrons. The molecule has 1 aliphatic heterocycles. The first-order valence-corrected chi connectivity index (χ1v) is 17.5. The summed E-state index contributed by atoms with van der Waals surface area (Å²) < 4.78 is 11.3. The van der Waals surface area contributed by atoms with Crippen LogP contribution in [0, 0.1) is 0 Å². The zero-order chi connectivity index (χ0) is 36.9. The van der Waals surface area contributed by atoms with Gasteiger partial charge in [0, 0.05) is 53.0 Å². The van der Waals surface area contributed by atoms with E-state index >= 15 is 0 Å². The predicted octanol–water partition coefficient (Wildman–Crippen LogP) is 6.87. The standard InChI is InChI=1S/C35H36Cl2N6O7S/c1-35(2,3)50-34(48)43(18-20-9-12-26(44)40-20)17-19-8-11-24(42-32(19)49-4)22-14-15-38-30(29(22)37)23-6-5-7-25(28(23)36)41-31(47)33-39-16-21(51-33)10-13-27(45)46/h5-8,11,14-16,20H,9-10,12-13,17-18H2,1-4H3,(H,40,44)(H,41,47)(H,45,46)/t20-/m0/s1. The van der Waals surface area contributed by atoms with Gasteiger partial charge in [0.15, 0.2) is 5.01 Å². The first-order valence-electron chi connectivity index (χ1n) is 15.9. The number of aryl methyl sites for hydroxylation is 1. The molecule has 4 heterocycles. The van der Waals surface area contributed by atoms with Crippen LogP contribution in [-0.4, -0.2) is 74.1 Å². The van der Waals surface area contributed by atoms with E-state index in [9.17, 15) is 19.2 Å². The van der Waals surface area contributed by atoms with Crippen molar-refractivity contribution in [3.8, 4) is 28.4 Å². The van der Waals surface area contributed by atoms with E-state index in [1.54, 1.807) is 63.4 Å². The van der Waals surface area contributed by atoms with Gasteiger partial charge in [-0.1, -0.05) is 35.3 Å². The van der Waals surface area contributed by atoms with Crippen LogP contribution in [0.1, 0.15) is 60.3 Å². The number of nitrogens with one attached hydrogen (secondary N) is 2. The highest BCUT2D eigenvalue weighted by Gasteiger charge is 2.29. The van der Waals surface area contributed by atoms with Crippen LogP contribution in [-0.2, 0) is 27.3 Å². The summed E-state index contributed by atoms with van der Waals surface area (Å²) in [4.78, 5) is 64.5. The van der Waals surface area contributed by atoms with Crippen molar-refractivity contribution in [2.24, 2.45) is 0 Å². The number of ether oxygens (including phenoxy) is 2. The molecular formula is C35H36Cl2N6O7S. The fraction of sp³-hybridized carbons (Fsp3) is 0.343. The van der Waals surface area contributed by atoms with Crippen LogP contribution in [0.3, 0.4) is 0 Å². The molecule has 16 heteroatoms. The number of carbonyl (C=O) groups excluding carboxylic acids is 3. The number of nitrogens with zero attached hydrogens (tertiary/aromatic N) is 4. The number of carbonyl (C=O) groups is 4. The number of pyridine rings is 2. The van der Waals surface area contributed by atoms with Gasteiger partial charge >= 0.3 is 12.1 Å². The quantitative estimate of drug-likeness (QED) is 0.139. The average Bonchev–Trinajstić information content (AvgIpc) is 3.73. The molecule has 3 aromatic heterocycles. The molecule has 13 nitrogen and oxygen atoms in total. The number of hydrogen-bond acceptors (Lipinski definition) is 10. The number of thiazole rings is 1. The summed E-state index contributed by atoms with van der Waals surface area (Å²) in [7, 11) is 1.48. The van der Waals surface area contributed by atoms with Gasteiger partial charge in [0.25, 0.3) is 5.91 Å². The normalized spacial score (nSPS) is 14.2. The number of amides is 3. The van der Waals surface area contributed by atoms with E-state index in [4.69, 9.17) is 42.8 Å². The van der Waals surface area contributed by atoms with E-state index in [2.05, 4.69) is 20.6 Å². The Hall–Kier alpha value is -4.79. The molecule has 3 amide bonds. The molecule has 0 saturated carbocycles. The largest absolute Gasteiger partial charge is 0.481 e. The molecule has 0 aliphatic carbocycles. The maximum absolute atomic E-state index is 13.2. The van der Waals surface area contributed by atoms with Crippen LogP contribution < -0.4 is 15.4 Å². The zero-order valence-electron chi connectivity index (χ0n) is 28.3. The van der Waals surface area contributed by atoms with E-state index in [1.807, 2.05) is 0 Å². The SMILES string of the molecule is COc1nc(-c2ccnc(-c3cccc(NC(=O)c4ncc(CCC(=O)O)s4)c3Cl)c2Cl)ccc1CN(C[C@@H]1CCC(=O)N1)C(=O)OC(C)(C)C.